The first kappa shape index (κ1) is 19.0. The number of hydrogen-bond acceptors (Lipinski definition) is 5. The molecule has 1 atom stereocenters. The molecule has 3 aromatic rings. The molecule has 0 saturated heterocycles. The van der Waals surface area contributed by atoms with Gasteiger partial charge >= 0.3 is 176 Å². The summed E-state index contributed by atoms with van der Waals surface area (Å²) >= 11 is -0.452. The summed E-state index contributed by atoms with van der Waals surface area (Å²) in [4.78, 5) is 13.7. The molecule has 1 radical (unpaired) electrons. The molecule has 0 spiro atoms. The van der Waals surface area contributed by atoms with E-state index in [1.165, 1.54) is 16.2 Å². The maximum absolute atomic E-state index is 9.22. The molecule has 7 heteroatoms. The van der Waals surface area contributed by atoms with E-state index in [0.29, 0.717) is 5.56 Å². The second kappa shape index (κ2) is 7.96. The molecule has 1 aliphatic heterocycles. The average molecular weight is 473 g/mol. The minimum absolute atomic E-state index is 0.265. The van der Waals surface area contributed by atoms with E-state index in [1.807, 2.05) is 18.5 Å². The summed E-state index contributed by atoms with van der Waals surface area (Å²) in [6.45, 7) is 6.48. The zero-order valence-corrected chi connectivity index (χ0v) is 19.6. The number of hydrogen-bond donors (Lipinski definition) is 1. The Morgan fingerprint density at radius 3 is 2.82 bits per heavy atom. The van der Waals surface area contributed by atoms with E-state index in [1.54, 1.807) is 12.4 Å². The molecule has 0 saturated carbocycles. The molecule has 1 aliphatic rings. The van der Waals surface area contributed by atoms with Crippen molar-refractivity contribution < 1.29 is 0 Å². The van der Waals surface area contributed by atoms with Crippen LogP contribution in [0.1, 0.15) is 44.5 Å². The van der Waals surface area contributed by atoms with E-state index in [4.69, 9.17) is 4.98 Å². The summed E-state index contributed by atoms with van der Waals surface area (Å²) in [5, 5.41) is 12.8. The fourth-order valence-electron chi connectivity index (χ4n) is 3.56. The number of imidazole rings is 1. The molecule has 1 N–H and O–H groups in total. The number of nitrogens with one attached hydrogen (secondary N) is 1. The van der Waals surface area contributed by atoms with E-state index in [0.717, 1.165) is 28.4 Å². The van der Waals surface area contributed by atoms with E-state index in [-0.39, 0.29) is 12.0 Å². The molecule has 4 rings (SSSR count). The Morgan fingerprint density at radius 1 is 1.25 bits per heavy atom. The second-order valence-corrected chi connectivity index (χ2v) is 11.4. The summed E-state index contributed by atoms with van der Waals surface area (Å²) in [6, 6.07) is 4.25. The summed E-state index contributed by atoms with van der Waals surface area (Å²) in [6.07, 6.45) is 8.43. The Hall–Kier alpha value is -2.33. The van der Waals surface area contributed by atoms with Gasteiger partial charge in [-0.3, -0.25) is 0 Å². The third-order valence-electron chi connectivity index (χ3n) is 5.07. The van der Waals surface area contributed by atoms with Crippen molar-refractivity contribution >= 4 is 34.2 Å². The molecule has 139 valence electrons. The van der Waals surface area contributed by atoms with Gasteiger partial charge in [0.05, 0.1) is 0 Å². The number of nitrogens with zero attached hydrogens (tertiary/aromatic N) is 5. The van der Waals surface area contributed by atoms with Crippen LogP contribution < -0.4 is 5.32 Å². The van der Waals surface area contributed by atoms with Gasteiger partial charge in [0.1, 0.15) is 0 Å². The third kappa shape index (κ3) is 3.66. The van der Waals surface area contributed by atoms with E-state index < -0.39 is 22.9 Å². The molecule has 6 nitrogen and oxygen atoms in total. The van der Waals surface area contributed by atoms with Crippen LogP contribution in [-0.2, 0) is 0 Å². The van der Waals surface area contributed by atoms with Crippen LogP contribution in [0.2, 0.25) is 4.18 Å². The van der Waals surface area contributed by atoms with Crippen LogP contribution in [-0.4, -0.2) is 48.3 Å². The fourth-order valence-corrected chi connectivity index (χ4v) is 7.62. The first-order valence-electron chi connectivity index (χ1n) is 9.59. The van der Waals surface area contributed by atoms with Gasteiger partial charge in [0, 0.05) is 0 Å². The number of nitriles is 1. The van der Waals surface area contributed by atoms with Crippen LogP contribution in [0.3, 0.4) is 0 Å². The molecule has 0 bridgehead atoms. The second-order valence-electron chi connectivity index (χ2n) is 7.46. The van der Waals surface area contributed by atoms with Gasteiger partial charge in [-0.1, -0.05) is 0 Å². The van der Waals surface area contributed by atoms with Gasteiger partial charge in [-0.25, -0.2) is 0 Å². The standard InChI is InChI=1S/C21H22N6.In/c1-6-14(4)15(5)25-20-19-11-24-21(13(2)3)27(19)12-18(26-20)17-7-16(8-22)9-23-10-17;/h4,7,9-13,15H,1,6H2,2-3,5H3,(H,25,26);. The zero-order valence-electron chi connectivity index (χ0n) is 16.3. The van der Waals surface area contributed by atoms with Crippen molar-refractivity contribution in [3.05, 3.63) is 51.6 Å². The molecule has 28 heavy (non-hydrogen) atoms. The van der Waals surface area contributed by atoms with Gasteiger partial charge in [0.2, 0.25) is 0 Å². The first-order chi connectivity index (χ1) is 13.6. The van der Waals surface area contributed by atoms with Crippen LogP contribution in [0.15, 0.2) is 40.3 Å². The quantitative estimate of drug-likeness (QED) is 0.607. The predicted molar refractivity (Wildman–Crippen MR) is 111 cm³/mol. The van der Waals surface area contributed by atoms with E-state index >= 15 is 0 Å². The van der Waals surface area contributed by atoms with Gasteiger partial charge < -0.3 is 0 Å². The number of rotatable bonds is 5. The van der Waals surface area contributed by atoms with Crippen molar-refractivity contribution in [3.63, 3.8) is 0 Å². The average Bonchev–Trinajstić information content (AvgIpc) is 3.38. The summed E-state index contributed by atoms with van der Waals surface area (Å²) in [5.74, 6) is 2.11. The monoisotopic (exact) mass is 473 g/mol. The Labute approximate surface area is 176 Å². The van der Waals surface area contributed by atoms with E-state index in [9.17, 15) is 5.26 Å². The number of anilines is 1. The predicted octanol–water partition coefficient (Wildman–Crippen LogP) is 4.00. The minimum atomic E-state index is -0.452. The first-order valence-corrected chi connectivity index (χ1v) is 13.8. The van der Waals surface area contributed by atoms with Crippen LogP contribution in [0.4, 0.5) is 5.82 Å². The Bertz CT molecular complexity index is 1090. The van der Waals surface area contributed by atoms with Gasteiger partial charge in [-0.2, -0.15) is 0 Å². The van der Waals surface area contributed by atoms with Gasteiger partial charge in [-0.15, -0.1) is 0 Å². The van der Waals surface area contributed by atoms with Gasteiger partial charge in [0.25, 0.3) is 0 Å². The van der Waals surface area contributed by atoms with Gasteiger partial charge in [-0.05, 0) is 0 Å². The molecule has 1 unspecified atom stereocenters. The maximum atomic E-state index is 9.22. The molecule has 3 aromatic heterocycles. The van der Waals surface area contributed by atoms with Crippen molar-refractivity contribution in [2.75, 3.05) is 5.32 Å². The molecular weight excluding hydrogens is 451 g/mol. The molecule has 0 aliphatic carbocycles. The molecule has 0 aromatic carbocycles. The molecule has 4 heterocycles. The number of aromatic nitrogens is 4. The number of pyridine rings is 1. The SMILES string of the molecule is CC(Nc1nc(-c2cncc(C#N)c2)cn2c(C(C)C)ncc12)C1=[CH][In][CH2]C1. The Morgan fingerprint density at radius 2 is 2.11 bits per heavy atom. The molecular formula is C21H22InN6. The van der Waals surface area contributed by atoms with Crippen LogP contribution >= 0.6 is 0 Å². The van der Waals surface area contributed by atoms with Crippen molar-refractivity contribution in [2.24, 2.45) is 0 Å². The van der Waals surface area contributed by atoms with Crippen LogP contribution in [0, 0.1) is 11.3 Å². The normalized spacial score (nSPS) is 14.6. The van der Waals surface area contributed by atoms with Crippen LogP contribution in [0.5, 0.6) is 0 Å². The summed E-state index contributed by atoms with van der Waals surface area (Å²) in [7, 11) is 0. The molecule has 0 fully saturated rings. The zero-order chi connectivity index (χ0) is 19.7. The van der Waals surface area contributed by atoms with E-state index in [2.05, 4.69) is 50.4 Å². The van der Waals surface area contributed by atoms with Crippen molar-refractivity contribution in [1.29, 1.82) is 5.26 Å². The number of fused-ring (bicyclic) bond motifs is 1. The van der Waals surface area contributed by atoms with Gasteiger partial charge in [0.15, 0.2) is 0 Å². The topological polar surface area (TPSA) is 78.9 Å². The fraction of sp³-hybridized carbons (Fsp3) is 0.333. The van der Waals surface area contributed by atoms with Crippen LogP contribution in [0.25, 0.3) is 16.8 Å². The van der Waals surface area contributed by atoms with Crippen molar-refractivity contribution in [2.45, 2.75) is 43.3 Å². The third-order valence-corrected chi connectivity index (χ3v) is 8.74. The molecule has 0 amide bonds. The Balaban J connectivity index is 1.84. The summed E-state index contributed by atoms with van der Waals surface area (Å²) < 4.78 is 6.04. The van der Waals surface area contributed by atoms with Crippen molar-refractivity contribution in [3.8, 4) is 17.3 Å². The summed E-state index contributed by atoms with van der Waals surface area (Å²) in [5.41, 5.74) is 4.63. The Kier molecular flexibility index (Phi) is 5.40. The van der Waals surface area contributed by atoms with Crippen molar-refractivity contribution in [1.82, 2.24) is 19.4 Å².